The topological polar surface area (TPSA) is 57.2 Å². The standard InChI is InChI=1S/C14H9Cl2N5O/c15-9-1-3-12-13(5-9)21(19-18-12)22-8-11-7-20-6-10(16)2-4-14(20)17-11/h1-7H,8H2. The third kappa shape index (κ3) is 2.36. The lowest BCUT2D eigenvalue weighted by Gasteiger charge is -2.02. The van der Waals surface area contributed by atoms with Crippen LogP contribution < -0.4 is 4.84 Å². The van der Waals surface area contributed by atoms with Crippen molar-refractivity contribution >= 4 is 39.9 Å². The van der Waals surface area contributed by atoms with Crippen molar-refractivity contribution in [3.63, 3.8) is 0 Å². The van der Waals surface area contributed by atoms with Crippen molar-refractivity contribution in [3.8, 4) is 0 Å². The van der Waals surface area contributed by atoms with E-state index in [0.29, 0.717) is 21.1 Å². The monoisotopic (exact) mass is 333 g/mol. The van der Waals surface area contributed by atoms with Crippen molar-refractivity contribution < 1.29 is 4.84 Å². The van der Waals surface area contributed by atoms with Crippen molar-refractivity contribution in [2.45, 2.75) is 6.61 Å². The number of pyridine rings is 1. The number of rotatable bonds is 3. The maximum Gasteiger partial charge on any atom is 0.160 e. The molecule has 4 aromatic rings. The number of halogens is 2. The minimum Gasteiger partial charge on any atom is -0.388 e. The summed E-state index contributed by atoms with van der Waals surface area (Å²) >= 11 is 11.9. The van der Waals surface area contributed by atoms with E-state index in [1.165, 1.54) is 4.85 Å². The van der Waals surface area contributed by atoms with Crippen LogP contribution in [-0.2, 0) is 6.61 Å². The van der Waals surface area contributed by atoms with Crippen LogP contribution in [0.15, 0.2) is 42.7 Å². The summed E-state index contributed by atoms with van der Waals surface area (Å²) < 4.78 is 1.84. The molecule has 0 unspecified atom stereocenters. The van der Waals surface area contributed by atoms with Crippen LogP contribution in [0.5, 0.6) is 0 Å². The highest BCUT2D eigenvalue weighted by Gasteiger charge is 2.08. The summed E-state index contributed by atoms with van der Waals surface area (Å²) in [6.07, 6.45) is 3.64. The number of imidazole rings is 1. The van der Waals surface area contributed by atoms with Gasteiger partial charge in [0.1, 0.15) is 16.7 Å². The fourth-order valence-corrected chi connectivity index (χ4v) is 2.52. The first-order chi connectivity index (χ1) is 10.7. The summed E-state index contributed by atoms with van der Waals surface area (Å²) in [5.74, 6) is 0. The number of benzene rings is 1. The molecule has 0 radical (unpaired) electrons. The second kappa shape index (κ2) is 5.15. The molecule has 3 heterocycles. The highest BCUT2D eigenvalue weighted by Crippen LogP contribution is 2.17. The van der Waals surface area contributed by atoms with E-state index in [1.807, 2.05) is 16.7 Å². The lowest BCUT2D eigenvalue weighted by Crippen LogP contribution is -2.13. The van der Waals surface area contributed by atoms with Gasteiger partial charge in [0.05, 0.1) is 10.7 Å². The molecule has 0 fully saturated rings. The van der Waals surface area contributed by atoms with Crippen LogP contribution in [0.25, 0.3) is 16.7 Å². The molecule has 0 aliphatic carbocycles. The van der Waals surface area contributed by atoms with Gasteiger partial charge in [-0.1, -0.05) is 28.0 Å². The summed E-state index contributed by atoms with van der Waals surface area (Å²) in [5.41, 5.74) is 2.98. The fraction of sp³-hybridized carbons (Fsp3) is 0.0714. The Morgan fingerprint density at radius 1 is 1.05 bits per heavy atom. The molecule has 0 saturated heterocycles. The molecule has 110 valence electrons. The minimum absolute atomic E-state index is 0.254. The zero-order chi connectivity index (χ0) is 15.1. The molecule has 0 aliphatic rings. The van der Waals surface area contributed by atoms with E-state index >= 15 is 0 Å². The molecule has 0 aliphatic heterocycles. The second-order valence-corrected chi connectivity index (χ2v) is 5.59. The van der Waals surface area contributed by atoms with Crippen LogP contribution in [0, 0.1) is 0 Å². The SMILES string of the molecule is Clc1ccc2nnn(OCc3cn4cc(Cl)ccc4n3)c2c1. The molecule has 0 saturated carbocycles. The maximum atomic E-state index is 5.98. The van der Waals surface area contributed by atoms with Gasteiger partial charge in [-0.05, 0) is 35.5 Å². The average molecular weight is 334 g/mol. The Hall–Kier alpha value is -2.31. The van der Waals surface area contributed by atoms with Crippen molar-refractivity contribution in [1.82, 2.24) is 24.5 Å². The molecule has 22 heavy (non-hydrogen) atoms. The number of aromatic nitrogens is 5. The van der Waals surface area contributed by atoms with Gasteiger partial charge < -0.3 is 9.24 Å². The van der Waals surface area contributed by atoms with Gasteiger partial charge in [-0.2, -0.15) is 0 Å². The van der Waals surface area contributed by atoms with Gasteiger partial charge in [0.2, 0.25) is 0 Å². The third-order valence-electron chi connectivity index (χ3n) is 3.18. The van der Waals surface area contributed by atoms with Crippen LogP contribution >= 0.6 is 23.2 Å². The smallest absolute Gasteiger partial charge is 0.160 e. The number of fused-ring (bicyclic) bond motifs is 2. The molecule has 8 heteroatoms. The van der Waals surface area contributed by atoms with Crippen LogP contribution in [0.4, 0.5) is 0 Å². The van der Waals surface area contributed by atoms with E-state index < -0.39 is 0 Å². The molecule has 1 aromatic carbocycles. The average Bonchev–Trinajstić information content (AvgIpc) is 3.07. The lowest BCUT2D eigenvalue weighted by molar-refractivity contribution is 0.0734. The zero-order valence-corrected chi connectivity index (χ0v) is 12.7. The number of hydrogen-bond donors (Lipinski definition) is 0. The number of nitrogens with zero attached hydrogens (tertiary/aromatic N) is 5. The Morgan fingerprint density at radius 3 is 2.82 bits per heavy atom. The molecule has 4 rings (SSSR count). The van der Waals surface area contributed by atoms with Crippen LogP contribution in [0.3, 0.4) is 0 Å². The molecular formula is C14H9Cl2N5O. The van der Waals surface area contributed by atoms with Gasteiger partial charge in [0.25, 0.3) is 0 Å². The van der Waals surface area contributed by atoms with Crippen molar-refractivity contribution in [2.75, 3.05) is 0 Å². The Labute approximate surface area is 134 Å². The van der Waals surface area contributed by atoms with E-state index in [4.69, 9.17) is 28.0 Å². The Balaban J connectivity index is 1.61. The van der Waals surface area contributed by atoms with Crippen molar-refractivity contribution in [1.29, 1.82) is 0 Å². The lowest BCUT2D eigenvalue weighted by atomic mass is 10.3. The summed E-state index contributed by atoms with van der Waals surface area (Å²) in [6, 6.07) is 8.93. The van der Waals surface area contributed by atoms with Gasteiger partial charge in [-0.15, -0.1) is 5.10 Å². The summed E-state index contributed by atoms with van der Waals surface area (Å²) in [7, 11) is 0. The summed E-state index contributed by atoms with van der Waals surface area (Å²) in [4.78, 5) is 11.4. The summed E-state index contributed by atoms with van der Waals surface area (Å²) in [6.45, 7) is 0.254. The molecular weight excluding hydrogens is 325 g/mol. The summed E-state index contributed by atoms with van der Waals surface area (Å²) in [5, 5.41) is 9.21. The van der Waals surface area contributed by atoms with Gasteiger partial charge >= 0.3 is 0 Å². The van der Waals surface area contributed by atoms with Gasteiger partial charge in [0, 0.05) is 17.4 Å². The molecule has 0 bridgehead atoms. The first-order valence-electron chi connectivity index (χ1n) is 6.46. The second-order valence-electron chi connectivity index (χ2n) is 4.71. The predicted molar refractivity (Wildman–Crippen MR) is 83.0 cm³/mol. The molecule has 0 atom stereocenters. The molecule has 3 aromatic heterocycles. The fourth-order valence-electron chi connectivity index (χ4n) is 2.18. The first kappa shape index (κ1) is 13.4. The Bertz CT molecular complexity index is 978. The molecule has 0 N–H and O–H groups in total. The normalized spacial score (nSPS) is 11.4. The number of hydrogen-bond acceptors (Lipinski definition) is 4. The Morgan fingerprint density at radius 2 is 1.91 bits per heavy atom. The van der Waals surface area contributed by atoms with E-state index in [-0.39, 0.29) is 6.61 Å². The molecule has 0 spiro atoms. The highest BCUT2D eigenvalue weighted by atomic mass is 35.5. The molecule has 0 amide bonds. The minimum atomic E-state index is 0.254. The molecule has 6 nitrogen and oxygen atoms in total. The predicted octanol–water partition coefficient (Wildman–Crippen LogP) is 3.01. The van der Waals surface area contributed by atoms with Crippen LogP contribution in [0.1, 0.15) is 5.69 Å². The largest absolute Gasteiger partial charge is 0.388 e. The highest BCUT2D eigenvalue weighted by molar-refractivity contribution is 6.31. The van der Waals surface area contributed by atoms with E-state index in [9.17, 15) is 0 Å². The van der Waals surface area contributed by atoms with Gasteiger partial charge in [-0.25, -0.2) is 4.98 Å². The van der Waals surface area contributed by atoms with E-state index in [1.54, 1.807) is 30.5 Å². The van der Waals surface area contributed by atoms with E-state index in [0.717, 1.165) is 11.3 Å². The quantitative estimate of drug-likeness (QED) is 0.578. The maximum absolute atomic E-state index is 5.98. The first-order valence-corrected chi connectivity index (χ1v) is 7.22. The third-order valence-corrected chi connectivity index (χ3v) is 3.64. The van der Waals surface area contributed by atoms with Crippen molar-refractivity contribution in [3.05, 3.63) is 58.5 Å². The van der Waals surface area contributed by atoms with Crippen LogP contribution in [-0.4, -0.2) is 24.5 Å². The van der Waals surface area contributed by atoms with Gasteiger partial charge in [-0.3, -0.25) is 0 Å². The van der Waals surface area contributed by atoms with E-state index in [2.05, 4.69) is 15.3 Å². The zero-order valence-electron chi connectivity index (χ0n) is 11.1. The van der Waals surface area contributed by atoms with Crippen molar-refractivity contribution in [2.24, 2.45) is 0 Å². The Kier molecular flexibility index (Phi) is 3.13. The van der Waals surface area contributed by atoms with Gasteiger partial charge in [0.15, 0.2) is 6.61 Å². The van der Waals surface area contributed by atoms with Crippen LogP contribution in [0.2, 0.25) is 10.0 Å².